The molecule has 9 nitrogen and oxygen atoms in total. The van der Waals surface area contributed by atoms with Crippen LogP contribution in [0.4, 0.5) is 0 Å². The van der Waals surface area contributed by atoms with Crippen molar-refractivity contribution in [2.75, 3.05) is 66.1 Å². The Balaban J connectivity index is 3.24. The minimum atomic E-state index is -0.470. The van der Waals surface area contributed by atoms with Gasteiger partial charge in [0, 0.05) is 0 Å². The molecule has 0 fully saturated rings. The Labute approximate surface area is 187 Å². The second-order valence-corrected chi connectivity index (χ2v) is 8.73. The van der Waals surface area contributed by atoms with E-state index in [-0.39, 0.29) is 24.8 Å². The molecule has 9 heteroatoms. The molecule has 0 N–H and O–H groups in total. The zero-order valence-corrected chi connectivity index (χ0v) is 20.2. The summed E-state index contributed by atoms with van der Waals surface area (Å²) in [6.07, 6.45) is 0.463. The maximum atomic E-state index is 11.5. The van der Waals surface area contributed by atoms with Gasteiger partial charge < -0.3 is 33.2 Å². The largest absolute Gasteiger partial charge is 0.460 e. The van der Waals surface area contributed by atoms with Crippen LogP contribution in [0.5, 0.6) is 0 Å². The molecule has 0 bridgehead atoms. The van der Waals surface area contributed by atoms with Crippen molar-refractivity contribution in [3.05, 3.63) is 0 Å². The topological polar surface area (TPSA) is 98.8 Å². The van der Waals surface area contributed by atoms with Crippen molar-refractivity contribution in [3.8, 4) is 0 Å². The van der Waals surface area contributed by atoms with Gasteiger partial charge in [-0.05, 0) is 41.5 Å². The van der Waals surface area contributed by atoms with Crippen LogP contribution in [0, 0.1) is 0 Å². The molecule has 0 rings (SSSR count). The lowest BCUT2D eigenvalue weighted by Gasteiger charge is -2.19. The van der Waals surface area contributed by atoms with Gasteiger partial charge in [0.2, 0.25) is 0 Å². The van der Waals surface area contributed by atoms with E-state index in [9.17, 15) is 9.59 Å². The highest BCUT2D eigenvalue weighted by Gasteiger charge is 2.16. The van der Waals surface area contributed by atoms with Crippen molar-refractivity contribution in [3.63, 3.8) is 0 Å². The van der Waals surface area contributed by atoms with Crippen LogP contribution in [0.2, 0.25) is 0 Å². The number of carbonyl (C=O) groups excluding carboxylic acids is 2. The summed E-state index contributed by atoms with van der Waals surface area (Å²) in [6.45, 7) is 15.2. The fraction of sp³-hybridized carbons (Fsp3) is 0.909. The average molecular weight is 451 g/mol. The second kappa shape index (κ2) is 17.3. The van der Waals surface area contributed by atoms with Crippen molar-refractivity contribution in [1.82, 2.24) is 0 Å². The summed E-state index contributed by atoms with van der Waals surface area (Å²) in [6, 6.07) is 0. The molecule has 0 saturated heterocycles. The maximum Gasteiger partial charge on any atom is 0.308 e. The number of ether oxygens (including phenoxy) is 7. The Morgan fingerprint density at radius 2 is 0.677 bits per heavy atom. The number of carbonyl (C=O) groups is 2. The van der Waals surface area contributed by atoms with E-state index in [0.29, 0.717) is 66.1 Å². The summed E-state index contributed by atoms with van der Waals surface area (Å²) in [5, 5.41) is 0. The SMILES string of the molecule is CC(C)(C)OC(=O)CCOCCOCCOCCOCCOCCC(=O)OC(C)(C)C. The molecule has 0 amide bonds. The van der Waals surface area contributed by atoms with E-state index >= 15 is 0 Å². The monoisotopic (exact) mass is 450 g/mol. The molecule has 0 aliphatic heterocycles. The first-order valence-electron chi connectivity index (χ1n) is 10.8. The van der Waals surface area contributed by atoms with Gasteiger partial charge in [-0.3, -0.25) is 9.59 Å². The van der Waals surface area contributed by atoms with Crippen LogP contribution in [-0.2, 0) is 42.7 Å². The highest BCUT2D eigenvalue weighted by Crippen LogP contribution is 2.08. The van der Waals surface area contributed by atoms with Gasteiger partial charge in [0.25, 0.3) is 0 Å². The molecule has 0 aromatic carbocycles. The lowest BCUT2D eigenvalue weighted by molar-refractivity contribution is -0.157. The lowest BCUT2D eigenvalue weighted by Crippen LogP contribution is -2.24. The van der Waals surface area contributed by atoms with Gasteiger partial charge in [-0.2, -0.15) is 0 Å². The van der Waals surface area contributed by atoms with Crippen LogP contribution in [0.1, 0.15) is 54.4 Å². The molecule has 0 aliphatic carbocycles. The van der Waals surface area contributed by atoms with Gasteiger partial charge in [-0.1, -0.05) is 0 Å². The number of hydrogen-bond acceptors (Lipinski definition) is 9. The van der Waals surface area contributed by atoms with Gasteiger partial charge in [0.15, 0.2) is 0 Å². The number of rotatable bonds is 18. The summed E-state index contributed by atoms with van der Waals surface area (Å²) < 4.78 is 37.2. The quantitative estimate of drug-likeness (QED) is 0.230. The predicted octanol–water partition coefficient (Wildman–Crippen LogP) is 2.53. The fourth-order valence-corrected chi connectivity index (χ4v) is 2.08. The van der Waals surface area contributed by atoms with E-state index in [1.165, 1.54) is 0 Å². The average Bonchev–Trinajstić information content (AvgIpc) is 2.61. The first-order valence-corrected chi connectivity index (χ1v) is 10.8. The fourth-order valence-electron chi connectivity index (χ4n) is 2.08. The molecule has 0 unspecified atom stereocenters. The van der Waals surface area contributed by atoms with E-state index in [1.54, 1.807) is 0 Å². The third-order valence-corrected chi connectivity index (χ3v) is 3.23. The lowest BCUT2D eigenvalue weighted by atomic mass is 10.2. The summed E-state index contributed by atoms with van der Waals surface area (Å²) in [5.74, 6) is -0.534. The molecular formula is C22H42O9. The molecular weight excluding hydrogens is 408 g/mol. The zero-order valence-electron chi connectivity index (χ0n) is 20.2. The van der Waals surface area contributed by atoms with E-state index in [1.807, 2.05) is 41.5 Å². The van der Waals surface area contributed by atoms with Crippen molar-refractivity contribution in [1.29, 1.82) is 0 Å². The minimum absolute atomic E-state index is 0.231. The molecule has 184 valence electrons. The van der Waals surface area contributed by atoms with Crippen LogP contribution in [0.3, 0.4) is 0 Å². The third kappa shape index (κ3) is 24.9. The Morgan fingerprint density at radius 3 is 0.903 bits per heavy atom. The second-order valence-electron chi connectivity index (χ2n) is 8.73. The van der Waals surface area contributed by atoms with Crippen molar-refractivity contribution < 1.29 is 42.7 Å². The van der Waals surface area contributed by atoms with Crippen LogP contribution >= 0.6 is 0 Å². The molecule has 0 heterocycles. The van der Waals surface area contributed by atoms with E-state index < -0.39 is 11.2 Å². The molecule has 0 aromatic heterocycles. The Morgan fingerprint density at radius 1 is 0.452 bits per heavy atom. The first kappa shape index (κ1) is 29.7. The van der Waals surface area contributed by atoms with E-state index in [4.69, 9.17) is 33.2 Å². The van der Waals surface area contributed by atoms with Gasteiger partial charge >= 0.3 is 11.9 Å². The minimum Gasteiger partial charge on any atom is -0.460 e. The molecule has 0 saturated carbocycles. The summed E-state index contributed by atoms with van der Waals surface area (Å²) in [4.78, 5) is 23.0. The first-order chi connectivity index (χ1) is 14.5. The van der Waals surface area contributed by atoms with Gasteiger partial charge in [-0.25, -0.2) is 0 Å². The Kier molecular flexibility index (Phi) is 16.6. The van der Waals surface area contributed by atoms with Crippen LogP contribution in [0.15, 0.2) is 0 Å². The van der Waals surface area contributed by atoms with Crippen LogP contribution in [-0.4, -0.2) is 89.2 Å². The van der Waals surface area contributed by atoms with E-state index in [0.717, 1.165) is 0 Å². The summed E-state index contributed by atoms with van der Waals surface area (Å²) in [7, 11) is 0. The zero-order chi connectivity index (χ0) is 23.6. The molecule has 0 aliphatic rings. The molecule has 0 spiro atoms. The smallest absolute Gasteiger partial charge is 0.308 e. The van der Waals surface area contributed by atoms with Crippen molar-refractivity contribution in [2.45, 2.75) is 65.6 Å². The van der Waals surface area contributed by atoms with Gasteiger partial charge in [0.05, 0.1) is 78.9 Å². The van der Waals surface area contributed by atoms with Crippen molar-refractivity contribution in [2.24, 2.45) is 0 Å². The van der Waals surface area contributed by atoms with Crippen LogP contribution in [0.25, 0.3) is 0 Å². The van der Waals surface area contributed by atoms with Gasteiger partial charge in [0.1, 0.15) is 11.2 Å². The number of hydrogen-bond donors (Lipinski definition) is 0. The number of esters is 2. The molecule has 31 heavy (non-hydrogen) atoms. The maximum absolute atomic E-state index is 11.5. The molecule has 0 atom stereocenters. The normalized spacial score (nSPS) is 12.1. The highest BCUT2D eigenvalue weighted by molar-refractivity contribution is 5.70. The van der Waals surface area contributed by atoms with Gasteiger partial charge in [-0.15, -0.1) is 0 Å². The highest BCUT2D eigenvalue weighted by atomic mass is 16.6. The molecule has 0 aromatic rings. The Hall–Kier alpha value is -1.26. The molecule has 0 radical (unpaired) electrons. The summed E-state index contributed by atoms with van der Waals surface area (Å²) >= 11 is 0. The van der Waals surface area contributed by atoms with Crippen molar-refractivity contribution >= 4 is 11.9 Å². The summed E-state index contributed by atoms with van der Waals surface area (Å²) in [5.41, 5.74) is -0.940. The predicted molar refractivity (Wildman–Crippen MR) is 115 cm³/mol. The standard InChI is InChI=1S/C22H42O9/c1-21(2,3)30-19(23)7-9-25-11-13-27-15-17-29-18-16-28-14-12-26-10-8-20(24)31-22(4,5)6/h7-18H2,1-6H3. The third-order valence-electron chi connectivity index (χ3n) is 3.23. The van der Waals surface area contributed by atoms with Crippen LogP contribution < -0.4 is 0 Å². The Bertz CT molecular complexity index is 425. The van der Waals surface area contributed by atoms with E-state index in [2.05, 4.69) is 0 Å².